The molecule has 2 N–H and O–H groups in total. The molecule has 62 valence electrons. The molecule has 12 heavy (non-hydrogen) atoms. The molecule has 0 fully saturated rings. The van der Waals surface area contributed by atoms with Crippen LogP contribution in [0.5, 0.6) is 5.88 Å². The van der Waals surface area contributed by atoms with Crippen molar-refractivity contribution in [3.05, 3.63) is 28.4 Å². The highest BCUT2D eigenvalue weighted by molar-refractivity contribution is 6.42. The molecule has 1 aromatic carbocycles. The zero-order chi connectivity index (χ0) is 8.72. The molecule has 0 aliphatic heterocycles. The van der Waals surface area contributed by atoms with Crippen molar-refractivity contribution in [2.24, 2.45) is 0 Å². The summed E-state index contributed by atoms with van der Waals surface area (Å²) in [4.78, 5) is 2.67. The van der Waals surface area contributed by atoms with Crippen LogP contribution in [0.1, 0.15) is 0 Å². The van der Waals surface area contributed by atoms with E-state index in [9.17, 15) is 5.11 Å². The molecule has 2 rings (SSSR count). The monoisotopic (exact) mass is 201 g/mol. The van der Waals surface area contributed by atoms with E-state index >= 15 is 0 Å². The van der Waals surface area contributed by atoms with Gasteiger partial charge in [0.25, 0.3) is 0 Å². The van der Waals surface area contributed by atoms with Gasteiger partial charge < -0.3 is 10.1 Å². The van der Waals surface area contributed by atoms with Gasteiger partial charge in [-0.25, -0.2) is 0 Å². The molecular weight excluding hydrogens is 197 g/mol. The molecule has 2 nitrogen and oxygen atoms in total. The average Bonchev–Trinajstić information content (AvgIpc) is 2.35. The number of H-pyrrole nitrogens is 1. The third kappa shape index (κ3) is 1.04. The minimum absolute atomic E-state index is 0.114. The van der Waals surface area contributed by atoms with Crippen LogP contribution < -0.4 is 0 Å². The molecule has 0 bridgehead atoms. The number of aromatic hydroxyl groups is 1. The van der Waals surface area contributed by atoms with Crippen LogP contribution >= 0.6 is 23.2 Å². The van der Waals surface area contributed by atoms with Crippen molar-refractivity contribution in [3.8, 4) is 5.88 Å². The van der Waals surface area contributed by atoms with Crippen molar-refractivity contribution in [1.29, 1.82) is 0 Å². The van der Waals surface area contributed by atoms with E-state index in [1.807, 2.05) is 0 Å². The Morgan fingerprint density at radius 2 is 1.83 bits per heavy atom. The van der Waals surface area contributed by atoms with E-state index in [0.29, 0.717) is 15.4 Å². The summed E-state index contributed by atoms with van der Waals surface area (Å²) in [6, 6.07) is 3.33. The molecule has 0 saturated carbocycles. The number of fused-ring (bicyclic) bond motifs is 1. The summed E-state index contributed by atoms with van der Waals surface area (Å²) in [5.41, 5.74) is 0. The average molecular weight is 202 g/mol. The zero-order valence-electron chi connectivity index (χ0n) is 5.94. The van der Waals surface area contributed by atoms with E-state index in [1.165, 1.54) is 0 Å². The quantitative estimate of drug-likeness (QED) is 0.676. The summed E-state index contributed by atoms with van der Waals surface area (Å²) < 4.78 is 0. The molecule has 0 atom stereocenters. The number of benzene rings is 1. The number of nitrogens with one attached hydrogen (secondary N) is 1. The molecule has 0 radical (unpaired) electrons. The predicted octanol–water partition coefficient (Wildman–Crippen LogP) is 3.18. The number of aromatic amines is 1. The molecule has 0 amide bonds. The standard InChI is InChI=1S/C8H5Cl2NO/c9-6-1-4-3-11-8(12)5(4)2-7(6)10/h1-3,11-12H. The van der Waals surface area contributed by atoms with E-state index in [2.05, 4.69) is 4.98 Å². The normalized spacial score (nSPS) is 10.8. The maximum atomic E-state index is 9.27. The second-order valence-electron chi connectivity index (χ2n) is 2.49. The fraction of sp³-hybridized carbons (Fsp3) is 0. The minimum Gasteiger partial charge on any atom is -0.494 e. The third-order valence-electron chi connectivity index (χ3n) is 1.71. The van der Waals surface area contributed by atoms with E-state index in [4.69, 9.17) is 23.2 Å². The Morgan fingerprint density at radius 3 is 2.58 bits per heavy atom. The molecule has 1 heterocycles. The first-order valence-corrected chi connectivity index (χ1v) is 4.09. The number of hydrogen-bond donors (Lipinski definition) is 2. The molecular formula is C8H5Cl2NO. The van der Waals surface area contributed by atoms with Crippen LogP contribution in [0.4, 0.5) is 0 Å². The van der Waals surface area contributed by atoms with Crippen molar-refractivity contribution in [3.63, 3.8) is 0 Å². The maximum Gasteiger partial charge on any atom is 0.196 e. The second kappa shape index (κ2) is 2.57. The molecule has 0 spiro atoms. The van der Waals surface area contributed by atoms with Crippen LogP contribution in [0.15, 0.2) is 18.3 Å². The Bertz CT molecular complexity index is 436. The SMILES string of the molecule is Oc1[nH]cc2cc(Cl)c(Cl)cc12. The van der Waals surface area contributed by atoms with Gasteiger partial charge in [0.1, 0.15) is 0 Å². The lowest BCUT2D eigenvalue weighted by atomic mass is 10.2. The largest absolute Gasteiger partial charge is 0.494 e. The van der Waals surface area contributed by atoms with Gasteiger partial charge in [-0.2, -0.15) is 0 Å². The number of aromatic nitrogens is 1. The van der Waals surface area contributed by atoms with Gasteiger partial charge in [-0.15, -0.1) is 0 Å². The molecule has 2 aromatic rings. The number of rotatable bonds is 0. The lowest BCUT2D eigenvalue weighted by Gasteiger charge is -1.95. The first-order valence-electron chi connectivity index (χ1n) is 3.33. The van der Waals surface area contributed by atoms with Crippen molar-refractivity contribution >= 4 is 34.0 Å². The van der Waals surface area contributed by atoms with Gasteiger partial charge in [0, 0.05) is 17.0 Å². The van der Waals surface area contributed by atoms with E-state index in [-0.39, 0.29) is 5.88 Å². The molecule has 4 heteroatoms. The van der Waals surface area contributed by atoms with Crippen LogP contribution in [0.2, 0.25) is 10.0 Å². The maximum absolute atomic E-state index is 9.27. The van der Waals surface area contributed by atoms with E-state index in [1.54, 1.807) is 18.3 Å². The number of halogens is 2. The number of hydrogen-bond acceptors (Lipinski definition) is 1. The third-order valence-corrected chi connectivity index (χ3v) is 2.43. The molecule has 1 aromatic heterocycles. The summed E-state index contributed by atoms with van der Waals surface area (Å²) >= 11 is 11.5. The Hall–Kier alpha value is -0.860. The smallest absolute Gasteiger partial charge is 0.196 e. The minimum atomic E-state index is 0.114. The summed E-state index contributed by atoms with van der Waals surface area (Å²) in [5.74, 6) is 0.114. The van der Waals surface area contributed by atoms with Crippen LogP contribution in [0.25, 0.3) is 10.8 Å². The Kier molecular flexibility index (Phi) is 1.67. The van der Waals surface area contributed by atoms with Gasteiger partial charge in [0.05, 0.1) is 10.0 Å². The van der Waals surface area contributed by atoms with Crippen LogP contribution in [-0.4, -0.2) is 10.1 Å². The van der Waals surface area contributed by atoms with Crippen LogP contribution in [0.3, 0.4) is 0 Å². The topological polar surface area (TPSA) is 36.0 Å². The van der Waals surface area contributed by atoms with Gasteiger partial charge >= 0.3 is 0 Å². The molecule has 0 saturated heterocycles. The van der Waals surface area contributed by atoms with E-state index in [0.717, 1.165) is 5.39 Å². The van der Waals surface area contributed by atoms with E-state index < -0.39 is 0 Å². The van der Waals surface area contributed by atoms with Crippen molar-refractivity contribution in [2.75, 3.05) is 0 Å². The molecule has 0 aliphatic rings. The zero-order valence-corrected chi connectivity index (χ0v) is 7.45. The molecule has 0 aliphatic carbocycles. The summed E-state index contributed by atoms with van der Waals surface area (Å²) in [7, 11) is 0. The van der Waals surface area contributed by atoms with Gasteiger partial charge in [-0.05, 0) is 12.1 Å². The highest BCUT2D eigenvalue weighted by Gasteiger charge is 2.05. The summed E-state index contributed by atoms with van der Waals surface area (Å²) in [6.45, 7) is 0. The predicted molar refractivity (Wildman–Crippen MR) is 50.0 cm³/mol. The first kappa shape index (κ1) is 7.77. The van der Waals surface area contributed by atoms with Crippen LogP contribution in [0, 0.1) is 0 Å². The highest BCUT2D eigenvalue weighted by atomic mass is 35.5. The van der Waals surface area contributed by atoms with Crippen molar-refractivity contribution < 1.29 is 5.11 Å². The summed E-state index contributed by atoms with van der Waals surface area (Å²) in [5, 5.41) is 11.7. The molecule has 0 unspecified atom stereocenters. The van der Waals surface area contributed by atoms with Crippen molar-refractivity contribution in [1.82, 2.24) is 4.98 Å². The fourth-order valence-corrected chi connectivity index (χ4v) is 1.45. The van der Waals surface area contributed by atoms with Gasteiger partial charge in [-0.1, -0.05) is 23.2 Å². The van der Waals surface area contributed by atoms with Gasteiger partial charge in [-0.3, -0.25) is 0 Å². The Balaban J connectivity index is 2.87. The Labute approximate surface area is 78.7 Å². The van der Waals surface area contributed by atoms with Gasteiger partial charge in [0.15, 0.2) is 5.88 Å². The highest BCUT2D eigenvalue weighted by Crippen LogP contribution is 2.31. The fourth-order valence-electron chi connectivity index (χ4n) is 1.11. The lowest BCUT2D eigenvalue weighted by molar-refractivity contribution is 0.462. The first-order chi connectivity index (χ1) is 5.68. The van der Waals surface area contributed by atoms with Crippen LogP contribution in [-0.2, 0) is 0 Å². The van der Waals surface area contributed by atoms with Crippen molar-refractivity contribution in [2.45, 2.75) is 0 Å². The summed E-state index contributed by atoms with van der Waals surface area (Å²) in [6.07, 6.45) is 1.67. The lowest BCUT2D eigenvalue weighted by Crippen LogP contribution is -1.69. The van der Waals surface area contributed by atoms with Gasteiger partial charge in [0.2, 0.25) is 0 Å². The Morgan fingerprint density at radius 1 is 1.17 bits per heavy atom. The second-order valence-corrected chi connectivity index (χ2v) is 3.31.